The smallest absolute Gasteiger partial charge is 0.224 e. The second-order valence-electron chi connectivity index (χ2n) is 6.64. The van der Waals surface area contributed by atoms with Crippen LogP contribution in [0, 0.1) is 0 Å². The maximum atomic E-state index is 6.21. The maximum absolute atomic E-state index is 6.21. The molecule has 134 valence electrons. The van der Waals surface area contributed by atoms with Crippen LogP contribution in [0.15, 0.2) is 48.8 Å². The van der Waals surface area contributed by atoms with Gasteiger partial charge in [0.2, 0.25) is 5.95 Å². The average molecular weight is 349 g/mol. The number of rotatable bonds is 5. The lowest BCUT2D eigenvalue weighted by atomic mass is 9.91. The van der Waals surface area contributed by atoms with E-state index in [0.29, 0.717) is 5.95 Å². The van der Waals surface area contributed by atoms with Gasteiger partial charge in [-0.1, -0.05) is 25.0 Å². The zero-order valence-electron chi connectivity index (χ0n) is 14.5. The Hall–Kier alpha value is -2.93. The highest BCUT2D eigenvalue weighted by atomic mass is 15.2. The summed E-state index contributed by atoms with van der Waals surface area (Å²) >= 11 is 0. The lowest BCUT2D eigenvalue weighted by Gasteiger charge is -2.29. The van der Waals surface area contributed by atoms with E-state index >= 15 is 0 Å². The quantitative estimate of drug-likeness (QED) is 0.563. The van der Waals surface area contributed by atoms with Crippen molar-refractivity contribution < 1.29 is 0 Å². The van der Waals surface area contributed by atoms with Gasteiger partial charge in [0.05, 0.1) is 5.69 Å². The minimum Gasteiger partial charge on any atom is -0.350 e. The first-order valence-corrected chi connectivity index (χ1v) is 9.00. The van der Waals surface area contributed by atoms with Crippen molar-refractivity contribution >= 4 is 17.5 Å². The van der Waals surface area contributed by atoms with Gasteiger partial charge in [-0.25, -0.2) is 4.98 Å². The molecule has 1 aromatic carbocycles. The summed E-state index contributed by atoms with van der Waals surface area (Å²) in [7, 11) is 0. The predicted molar refractivity (Wildman–Crippen MR) is 103 cm³/mol. The Morgan fingerprint density at radius 1 is 1.08 bits per heavy atom. The minimum absolute atomic E-state index is 0.162. The molecule has 0 amide bonds. The number of hydrogen-bond donors (Lipinski definition) is 4. The Balaban J connectivity index is 1.48. The van der Waals surface area contributed by atoms with E-state index in [9.17, 15) is 0 Å². The van der Waals surface area contributed by atoms with Gasteiger partial charge in [-0.05, 0) is 37.1 Å². The number of anilines is 3. The number of nitrogens with one attached hydrogen (secondary N) is 3. The molecule has 4 rings (SSSR count). The SMILES string of the molecule is N[C@H]1CCCC[C@H]1Nc1nccc(Nc2cccc(-c3ccn[nH]3)c2)n1. The van der Waals surface area contributed by atoms with Crippen molar-refractivity contribution in [2.75, 3.05) is 10.6 Å². The number of H-pyrrole nitrogens is 1. The Labute approximate surface area is 152 Å². The number of nitrogens with two attached hydrogens (primary N) is 1. The molecule has 3 aromatic rings. The first-order chi connectivity index (χ1) is 12.8. The summed E-state index contributed by atoms with van der Waals surface area (Å²) in [6, 6.07) is 12.3. The van der Waals surface area contributed by atoms with E-state index in [-0.39, 0.29) is 12.1 Å². The van der Waals surface area contributed by atoms with Gasteiger partial charge in [-0.15, -0.1) is 0 Å². The topological polar surface area (TPSA) is 105 Å². The molecule has 1 aliphatic carbocycles. The number of nitrogens with zero attached hydrogens (tertiary/aromatic N) is 3. The Bertz CT molecular complexity index is 847. The van der Waals surface area contributed by atoms with Crippen molar-refractivity contribution in [3.05, 3.63) is 48.8 Å². The lowest BCUT2D eigenvalue weighted by Crippen LogP contribution is -2.42. The van der Waals surface area contributed by atoms with Gasteiger partial charge in [0.1, 0.15) is 5.82 Å². The summed E-state index contributed by atoms with van der Waals surface area (Å²) < 4.78 is 0. The van der Waals surface area contributed by atoms with Crippen LogP contribution in [0.1, 0.15) is 25.7 Å². The lowest BCUT2D eigenvalue weighted by molar-refractivity contribution is 0.402. The number of benzene rings is 1. The summed E-state index contributed by atoms with van der Waals surface area (Å²) in [5.41, 5.74) is 9.20. The van der Waals surface area contributed by atoms with Crippen LogP contribution in [0.25, 0.3) is 11.3 Å². The van der Waals surface area contributed by atoms with Crippen LogP contribution in [0.3, 0.4) is 0 Å². The molecule has 0 bridgehead atoms. The molecule has 7 heteroatoms. The van der Waals surface area contributed by atoms with Crippen LogP contribution in [0.5, 0.6) is 0 Å². The molecule has 0 radical (unpaired) electrons. The van der Waals surface area contributed by atoms with Gasteiger partial charge in [0, 0.05) is 35.7 Å². The average Bonchev–Trinajstić information content (AvgIpc) is 3.19. The summed E-state index contributed by atoms with van der Waals surface area (Å²) in [6.45, 7) is 0. The summed E-state index contributed by atoms with van der Waals surface area (Å²) in [6.07, 6.45) is 8.01. The first kappa shape index (κ1) is 16.5. The van der Waals surface area contributed by atoms with Crippen molar-refractivity contribution in [3.8, 4) is 11.3 Å². The summed E-state index contributed by atoms with van der Waals surface area (Å²) in [4.78, 5) is 8.92. The van der Waals surface area contributed by atoms with E-state index in [4.69, 9.17) is 5.73 Å². The third-order valence-electron chi connectivity index (χ3n) is 4.74. The first-order valence-electron chi connectivity index (χ1n) is 9.00. The molecule has 2 aromatic heterocycles. The van der Waals surface area contributed by atoms with Gasteiger partial charge < -0.3 is 16.4 Å². The molecule has 1 aliphatic rings. The fourth-order valence-electron chi connectivity index (χ4n) is 3.33. The molecule has 1 saturated carbocycles. The molecule has 0 spiro atoms. The van der Waals surface area contributed by atoms with Crippen LogP contribution in [-0.4, -0.2) is 32.2 Å². The third kappa shape index (κ3) is 3.83. The molecule has 26 heavy (non-hydrogen) atoms. The Morgan fingerprint density at radius 2 is 2.00 bits per heavy atom. The third-order valence-corrected chi connectivity index (χ3v) is 4.74. The van der Waals surface area contributed by atoms with Crippen LogP contribution in [0.2, 0.25) is 0 Å². The van der Waals surface area contributed by atoms with Crippen molar-refractivity contribution in [1.82, 2.24) is 20.2 Å². The van der Waals surface area contributed by atoms with E-state index in [1.807, 2.05) is 30.3 Å². The highest BCUT2D eigenvalue weighted by Crippen LogP contribution is 2.23. The summed E-state index contributed by atoms with van der Waals surface area (Å²) in [5.74, 6) is 1.36. The second-order valence-corrected chi connectivity index (χ2v) is 6.64. The molecular formula is C19H23N7. The van der Waals surface area contributed by atoms with Gasteiger partial charge >= 0.3 is 0 Å². The molecule has 2 heterocycles. The molecule has 1 fully saturated rings. The minimum atomic E-state index is 0.162. The van der Waals surface area contributed by atoms with Gasteiger partial charge in [0.15, 0.2) is 0 Å². The van der Waals surface area contributed by atoms with Gasteiger partial charge in [0.25, 0.3) is 0 Å². The largest absolute Gasteiger partial charge is 0.350 e. The Kier molecular flexibility index (Phi) is 4.79. The van der Waals surface area contributed by atoms with Crippen molar-refractivity contribution in [2.24, 2.45) is 5.73 Å². The van der Waals surface area contributed by atoms with Gasteiger partial charge in [-0.2, -0.15) is 10.1 Å². The van der Waals surface area contributed by atoms with Crippen LogP contribution in [-0.2, 0) is 0 Å². The van der Waals surface area contributed by atoms with Crippen LogP contribution < -0.4 is 16.4 Å². The zero-order valence-corrected chi connectivity index (χ0v) is 14.5. The highest BCUT2D eigenvalue weighted by Gasteiger charge is 2.22. The monoisotopic (exact) mass is 349 g/mol. The molecule has 2 atom stereocenters. The fourth-order valence-corrected chi connectivity index (χ4v) is 3.33. The molecule has 7 nitrogen and oxygen atoms in total. The number of hydrogen-bond acceptors (Lipinski definition) is 6. The van der Waals surface area contributed by atoms with Crippen molar-refractivity contribution in [1.29, 1.82) is 0 Å². The standard InChI is InChI=1S/C19H23N7/c20-15-6-1-2-7-17(15)24-19-21-10-9-18(25-19)23-14-5-3-4-13(12-14)16-8-11-22-26-16/h3-5,8-12,15,17H,1-2,6-7,20H2,(H,22,26)(H2,21,23,24,25)/t15-,17+/m0/s1. The maximum Gasteiger partial charge on any atom is 0.224 e. The van der Waals surface area contributed by atoms with E-state index in [1.54, 1.807) is 12.4 Å². The number of aromatic nitrogens is 4. The second kappa shape index (κ2) is 7.53. The predicted octanol–water partition coefficient (Wildman–Crippen LogP) is 3.29. The molecule has 0 aliphatic heterocycles. The van der Waals surface area contributed by atoms with E-state index < -0.39 is 0 Å². The Morgan fingerprint density at radius 3 is 2.85 bits per heavy atom. The molecular weight excluding hydrogens is 326 g/mol. The van der Waals surface area contributed by atoms with Gasteiger partial charge in [-0.3, -0.25) is 5.10 Å². The molecule has 0 saturated heterocycles. The summed E-state index contributed by atoms with van der Waals surface area (Å²) in [5, 5.41) is 13.7. The highest BCUT2D eigenvalue weighted by molar-refractivity contribution is 5.67. The van der Waals surface area contributed by atoms with Crippen LogP contribution in [0.4, 0.5) is 17.5 Å². The zero-order chi connectivity index (χ0) is 17.8. The van der Waals surface area contributed by atoms with E-state index in [2.05, 4.69) is 36.9 Å². The van der Waals surface area contributed by atoms with E-state index in [1.165, 1.54) is 12.8 Å². The molecule has 0 unspecified atom stereocenters. The van der Waals surface area contributed by atoms with Crippen LogP contribution >= 0.6 is 0 Å². The fraction of sp³-hybridized carbons (Fsp3) is 0.316. The van der Waals surface area contributed by atoms with E-state index in [0.717, 1.165) is 35.6 Å². The number of aromatic amines is 1. The van der Waals surface area contributed by atoms with Crippen molar-refractivity contribution in [3.63, 3.8) is 0 Å². The normalized spacial score (nSPS) is 19.9. The molecule has 5 N–H and O–H groups in total. The van der Waals surface area contributed by atoms with Crippen molar-refractivity contribution in [2.45, 2.75) is 37.8 Å².